The highest BCUT2D eigenvalue weighted by Crippen LogP contribution is 2.24. The van der Waals surface area contributed by atoms with E-state index in [1.165, 1.54) is 29.7 Å². The van der Waals surface area contributed by atoms with Crippen LogP contribution < -0.4 is 4.72 Å². The average molecular weight is 358 g/mol. The molecule has 3 aromatic rings. The Morgan fingerprint density at radius 1 is 1.04 bits per heavy atom. The third-order valence-corrected chi connectivity index (χ3v) is 4.95. The van der Waals surface area contributed by atoms with Crippen LogP contribution in [0.1, 0.15) is 26.3 Å². The van der Waals surface area contributed by atoms with Gasteiger partial charge in [0.05, 0.1) is 4.90 Å². The Kier molecular flexibility index (Phi) is 4.25. The van der Waals surface area contributed by atoms with Gasteiger partial charge in [0.25, 0.3) is 10.0 Å². The zero-order chi connectivity index (χ0) is 18.1. The number of rotatable bonds is 4. The lowest BCUT2D eigenvalue weighted by Crippen LogP contribution is -2.16. The van der Waals surface area contributed by atoms with Gasteiger partial charge in [-0.2, -0.15) is 5.10 Å². The number of nitrogens with one attached hydrogen (secondary N) is 1. The first kappa shape index (κ1) is 17.0. The van der Waals surface area contributed by atoms with Crippen LogP contribution in [0.3, 0.4) is 0 Å². The summed E-state index contributed by atoms with van der Waals surface area (Å²) in [5, 5.41) is 3.95. The van der Waals surface area contributed by atoms with Crippen LogP contribution in [-0.2, 0) is 15.4 Å². The van der Waals surface area contributed by atoms with Gasteiger partial charge in [0.15, 0.2) is 5.82 Å². The SMILES string of the molecule is CC(C)(C)c1ccc(S(=O)(=O)Nc2cc(-n3cncn3)ncn2)cc1. The molecule has 0 aliphatic heterocycles. The highest BCUT2D eigenvalue weighted by Gasteiger charge is 2.18. The van der Waals surface area contributed by atoms with Crippen LogP contribution in [-0.4, -0.2) is 33.2 Å². The largest absolute Gasteiger partial charge is 0.263 e. The summed E-state index contributed by atoms with van der Waals surface area (Å²) in [6.07, 6.45) is 4.09. The molecule has 0 atom stereocenters. The zero-order valence-corrected chi connectivity index (χ0v) is 14.9. The maximum Gasteiger partial charge on any atom is 0.263 e. The minimum atomic E-state index is -3.75. The van der Waals surface area contributed by atoms with Crippen molar-refractivity contribution in [3.05, 3.63) is 54.9 Å². The fourth-order valence-corrected chi connectivity index (χ4v) is 3.18. The number of hydrogen-bond acceptors (Lipinski definition) is 6. The van der Waals surface area contributed by atoms with Gasteiger partial charge in [-0.15, -0.1) is 0 Å². The predicted octanol–water partition coefficient (Wildman–Crippen LogP) is 2.16. The molecule has 0 amide bonds. The zero-order valence-electron chi connectivity index (χ0n) is 14.1. The molecular formula is C16H18N6O2S. The molecule has 25 heavy (non-hydrogen) atoms. The Morgan fingerprint density at radius 3 is 2.36 bits per heavy atom. The molecule has 0 aliphatic rings. The van der Waals surface area contributed by atoms with Gasteiger partial charge in [-0.1, -0.05) is 32.9 Å². The molecule has 2 heterocycles. The first-order valence-corrected chi connectivity index (χ1v) is 9.04. The van der Waals surface area contributed by atoms with Crippen LogP contribution in [0.25, 0.3) is 5.82 Å². The minimum absolute atomic E-state index is 0.0466. The van der Waals surface area contributed by atoms with Gasteiger partial charge in [-0.05, 0) is 23.1 Å². The Balaban J connectivity index is 1.86. The third-order valence-electron chi connectivity index (χ3n) is 3.58. The van der Waals surface area contributed by atoms with Gasteiger partial charge in [0.1, 0.15) is 24.8 Å². The van der Waals surface area contributed by atoms with Crippen molar-refractivity contribution < 1.29 is 8.42 Å². The van der Waals surface area contributed by atoms with E-state index in [-0.39, 0.29) is 16.1 Å². The molecule has 0 radical (unpaired) electrons. The molecule has 0 saturated heterocycles. The van der Waals surface area contributed by atoms with Gasteiger partial charge in [-0.25, -0.2) is 28.1 Å². The first-order valence-electron chi connectivity index (χ1n) is 7.56. The van der Waals surface area contributed by atoms with E-state index < -0.39 is 10.0 Å². The van der Waals surface area contributed by atoms with E-state index in [0.29, 0.717) is 5.82 Å². The highest BCUT2D eigenvalue weighted by molar-refractivity contribution is 7.92. The molecule has 9 heteroatoms. The van der Waals surface area contributed by atoms with Crippen LogP contribution in [0.15, 0.2) is 54.2 Å². The van der Waals surface area contributed by atoms with Crippen molar-refractivity contribution >= 4 is 15.8 Å². The molecular weight excluding hydrogens is 340 g/mol. The lowest BCUT2D eigenvalue weighted by Gasteiger charge is -2.19. The molecule has 0 fully saturated rings. The van der Waals surface area contributed by atoms with E-state index in [4.69, 9.17) is 0 Å². The van der Waals surface area contributed by atoms with Gasteiger partial charge in [0, 0.05) is 6.07 Å². The monoisotopic (exact) mass is 358 g/mol. The van der Waals surface area contributed by atoms with E-state index in [2.05, 4.69) is 45.5 Å². The van der Waals surface area contributed by atoms with Crippen molar-refractivity contribution in [3.63, 3.8) is 0 Å². The molecule has 130 valence electrons. The molecule has 1 aromatic carbocycles. The summed E-state index contributed by atoms with van der Waals surface area (Å²) in [5.74, 6) is 0.564. The van der Waals surface area contributed by atoms with Crippen LogP contribution in [0, 0.1) is 0 Å². The number of benzene rings is 1. The smallest absolute Gasteiger partial charge is 0.263 e. The lowest BCUT2D eigenvalue weighted by molar-refractivity contribution is 0.587. The molecule has 0 aliphatic carbocycles. The minimum Gasteiger partial charge on any atom is -0.263 e. The number of sulfonamides is 1. The van der Waals surface area contributed by atoms with Gasteiger partial charge >= 0.3 is 0 Å². The second kappa shape index (κ2) is 6.25. The van der Waals surface area contributed by atoms with Crippen LogP contribution >= 0.6 is 0 Å². The van der Waals surface area contributed by atoms with E-state index in [9.17, 15) is 8.42 Å². The summed E-state index contributed by atoms with van der Waals surface area (Å²) in [6.45, 7) is 6.21. The first-order chi connectivity index (χ1) is 11.8. The van der Waals surface area contributed by atoms with Crippen molar-refractivity contribution in [2.75, 3.05) is 4.72 Å². The van der Waals surface area contributed by atoms with Crippen molar-refractivity contribution in [2.45, 2.75) is 31.1 Å². The molecule has 2 aromatic heterocycles. The summed E-state index contributed by atoms with van der Waals surface area (Å²) in [5.41, 5.74) is 1.01. The Bertz CT molecular complexity index is 961. The Morgan fingerprint density at radius 2 is 1.76 bits per heavy atom. The quantitative estimate of drug-likeness (QED) is 0.766. The van der Waals surface area contributed by atoms with Crippen LogP contribution in [0.5, 0.6) is 0 Å². The third kappa shape index (κ3) is 3.82. The second-order valence-corrected chi connectivity index (χ2v) is 8.16. The molecule has 3 rings (SSSR count). The van der Waals surface area contributed by atoms with Crippen LogP contribution in [0.2, 0.25) is 0 Å². The highest BCUT2D eigenvalue weighted by atomic mass is 32.2. The van der Waals surface area contributed by atoms with E-state index in [0.717, 1.165) is 5.56 Å². The number of anilines is 1. The predicted molar refractivity (Wildman–Crippen MR) is 92.9 cm³/mol. The standard InChI is InChI=1S/C16H18N6O2S/c1-16(2,3)12-4-6-13(7-5-12)25(23,24)21-14-8-15(19-10-18-14)22-11-17-9-20-22/h4-11H,1-3H3,(H,18,19,21). The van der Waals surface area contributed by atoms with Crippen molar-refractivity contribution in [1.82, 2.24) is 24.7 Å². The maximum absolute atomic E-state index is 12.6. The molecule has 0 bridgehead atoms. The lowest BCUT2D eigenvalue weighted by atomic mass is 9.87. The number of hydrogen-bond donors (Lipinski definition) is 1. The van der Waals surface area contributed by atoms with Crippen LogP contribution in [0.4, 0.5) is 5.82 Å². The van der Waals surface area contributed by atoms with Gasteiger partial charge in [-0.3, -0.25) is 4.72 Å². The van der Waals surface area contributed by atoms with Gasteiger partial charge < -0.3 is 0 Å². The average Bonchev–Trinajstić information content (AvgIpc) is 3.08. The normalized spacial score (nSPS) is 12.1. The molecule has 1 N–H and O–H groups in total. The summed E-state index contributed by atoms with van der Waals surface area (Å²) in [4.78, 5) is 12.0. The van der Waals surface area contributed by atoms with E-state index >= 15 is 0 Å². The van der Waals surface area contributed by atoms with E-state index in [1.54, 1.807) is 12.1 Å². The molecule has 0 saturated carbocycles. The molecule has 0 spiro atoms. The Labute approximate surface area is 146 Å². The fourth-order valence-electron chi connectivity index (χ4n) is 2.19. The maximum atomic E-state index is 12.6. The van der Waals surface area contributed by atoms with Gasteiger partial charge in [0.2, 0.25) is 0 Å². The van der Waals surface area contributed by atoms with Crippen molar-refractivity contribution in [1.29, 1.82) is 0 Å². The molecule has 0 unspecified atom stereocenters. The summed E-state index contributed by atoms with van der Waals surface area (Å²) >= 11 is 0. The van der Waals surface area contributed by atoms with Crippen molar-refractivity contribution in [3.8, 4) is 5.82 Å². The second-order valence-electron chi connectivity index (χ2n) is 6.48. The molecule has 8 nitrogen and oxygen atoms in total. The van der Waals surface area contributed by atoms with Crippen molar-refractivity contribution in [2.24, 2.45) is 0 Å². The summed E-state index contributed by atoms with van der Waals surface area (Å²) in [7, 11) is -3.75. The summed E-state index contributed by atoms with van der Waals surface area (Å²) in [6, 6.07) is 8.28. The fraction of sp³-hybridized carbons (Fsp3) is 0.250. The summed E-state index contributed by atoms with van der Waals surface area (Å²) < 4.78 is 29.0. The number of nitrogens with zero attached hydrogens (tertiary/aromatic N) is 5. The Hall–Kier alpha value is -2.81. The number of aromatic nitrogens is 5. The van der Waals surface area contributed by atoms with E-state index in [1.807, 2.05) is 12.1 Å². The topological polar surface area (TPSA) is 103 Å².